The highest BCUT2D eigenvalue weighted by Crippen LogP contribution is 2.20. The molecule has 0 amide bonds. The molecule has 0 N–H and O–H groups in total. The van der Waals surface area contributed by atoms with Gasteiger partial charge in [0.05, 0.1) is 6.10 Å². The lowest BCUT2D eigenvalue weighted by atomic mass is 10.0. The van der Waals surface area contributed by atoms with Crippen molar-refractivity contribution in [2.24, 2.45) is 0 Å². The number of aryl methyl sites for hydroxylation is 1. The van der Waals surface area contributed by atoms with Gasteiger partial charge in [-0.2, -0.15) is 0 Å². The summed E-state index contributed by atoms with van der Waals surface area (Å²) in [6, 6.07) is 16.1. The van der Waals surface area contributed by atoms with Crippen LogP contribution < -0.4 is 4.74 Å². The fourth-order valence-electron chi connectivity index (χ4n) is 2.91. The number of rotatable bonds is 6. The van der Waals surface area contributed by atoms with Crippen LogP contribution in [0.4, 0.5) is 0 Å². The summed E-state index contributed by atoms with van der Waals surface area (Å²) in [5, 5.41) is 0.742. The van der Waals surface area contributed by atoms with Crippen LogP contribution in [0, 0.1) is 0 Å². The monoisotopic (exact) mass is 330 g/mol. The van der Waals surface area contributed by atoms with E-state index in [0.29, 0.717) is 12.7 Å². The maximum atomic E-state index is 5.98. The quantitative estimate of drug-likeness (QED) is 0.704. The Morgan fingerprint density at radius 3 is 2.65 bits per heavy atom. The third kappa shape index (κ3) is 5.26. The van der Waals surface area contributed by atoms with Gasteiger partial charge in [0.1, 0.15) is 12.4 Å². The van der Waals surface area contributed by atoms with Crippen molar-refractivity contribution < 1.29 is 9.47 Å². The van der Waals surface area contributed by atoms with Crippen molar-refractivity contribution in [2.45, 2.75) is 44.8 Å². The highest BCUT2D eigenvalue weighted by Gasteiger charge is 2.13. The lowest BCUT2D eigenvalue weighted by Crippen LogP contribution is -2.19. The number of hydrogen-bond donors (Lipinski definition) is 0. The molecular formula is C20H23ClO2. The second kappa shape index (κ2) is 8.37. The summed E-state index contributed by atoms with van der Waals surface area (Å²) in [4.78, 5) is 0. The highest BCUT2D eigenvalue weighted by atomic mass is 35.5. The summed E-state index contributed by atoms with van der Waals surface area (Å²) in [6.45, 7) is 1.47. The smallest absolute Gasteiger partial charge is 0.119 e. The molecule has 122 valence electrons. The first-order valence-electron chi connectivity index (χ1n) is 8.37. The minimum atomic E-state index is 0.447. The molecule has 2 aromatic carbocycles. The molecule has 1 saturated heterocycles. The van der Waals surface area contributed by atoms with Crippen molar-refractivity contribution in [2.75, 3.05) is 6.61 Å². The van der Waals surface area contributed by atoms with Gasteiger partial charge in [0.25, 0.3) is 0 Å². The molecule has 1 fully saturated rings. The van der Waals surface area contributed by atoms with Gasteiger partial charge in [-0.1, -0.05) is 35.9 Å². The summed E-state index contributed by atoms with van der Waals surface area (Å²) in [6.07, 6.45) is 6.36. The van der Waals surface area contributed by atoms with Gasteiger partial charge in [0.15, 0.2) is 0 Å². The summed E-state index contributed by atoms with van der Waals surface area (Å²) in [7, 11) is 0. The fraction of sp³-hybridized carbons (Fsp3) is 0.400. The molecule has 23 heavy (non-hydrogen) atoms. The average molecular weight is 331 g/mol. The minimum Gasteiger partial charge on any atom is -0.489 e. The first-order chi connectivity index (χ1) is 11.3. The van der Waals surface area contributed by atoms with Crippen LogP contribution in [-0.2, 0) is 17.8 Å². The van der Waals surface area contributed by atoms with Crippen LogP contribution in [0.2, 0.25) is 5.02 Å². The maximum absolute atomic E-state index is 5.98. The maximum Gasteiger partial charge on any atom is 0.119 e. The normalized spacial score (nSPS) is 17.9. The van der Waals surface area contributed by atoms with E-state index in [0.717, 1.165) is 35.8 Å². The Bertz CT molecular complexity index is 603. The molecule has 2 aromatic rings. The van der Waals surface area contributed by atoms with Crippen LogP contribution in [0.25, 0.3) is 0 Å². The molecule has 0 bridgehead atoms. The molecule has 2 nitrogen and oxygen atoms in total. The Morgan fingerprint density at radius 2 is 1.91 bits per heavy atom. The van der Waals surface area contributed by atoms with Gasteiger partial charge in [0, 0.05) is 11.6 Å². The molecule has 1 heterocycles. The molecule has 1 unspecified atom stereocenters. The van der Waals surface area contributed by atoms with Crippen LogP contribution in [0.1, 0.15) is 36.8 Å². The van der Waals surface area contributed by atoms with Gasteiger partial charge in [-0.25, -0.2) is 0 Å². The second-order valence-electron chi connectivity index (χ2n) is 6.09. The molecule has 3 rings (SSSR count). The molecule has 0 spiro atoms. The largest absolute Gasteiger partial charge is 0.489 e. The van der Waals surface area contributed by atoms with Crippen molar-refractivity contribution in [3.8, 4) is 5.75 Å². The third-order valence-corrected chi connectivity index (χ3v) is 4.48. The van der Waals surface area contributed by atoms with E-state index in [4.69, 9.17) is 21.1 Å². The van der Waals surface area contributed by atoms with Gasteiger partial charge >= 0.3 is 0 Å². The van der Waals surface area contributed by atoms with E-state index in [1.807, 2.05) is 36.4 Å². The molecule has 1 aliphatic heterocycles. The van der Waals surface area contributed by atoms with Crippen molar-refractivity contribution in [1.82, 2.24) is 0 Å². The van der Waals surface area contributed by atoms with E-state index in [-0.39, 0.29) is 0 Å². The van der Waals surface area contributed by atoms with Gasteiger partial charge in [0.2, 0.25) is 0 Å². The van der Waals surface area contributed by atoms with Crippen LogP contribution >= 0.6 is 11.6 Å². The standard InChI is InChI=1S/C20H23ClO2/c21-18-5-3-4-17(14-18)15-23-20-11-8-16(9-12-20)7-10-19-6-1-2-13-22-19/h3-5,8-9,11-12,14,19H,1-2,6-7,10,13,15H2. The first-order valence-corrected chi connectivity index (χ1v) is 8.75. The average Bonchev–Trinajstić information content (AvgIpc) is 2.60. The van der Waals surface area contributed by atoms with Crippen molar-refractivity contribution >= 4 is 11.6 Å². The van der Waals surface area contributed by atoms with E-state index in [1.54, 1.807) is 0 Å². The van der Waals surface area contributed by atoms with E-state index in [9.17, 15) is 0 Å². The molecule has 1 atom stereocenters. The highest BCUT2D eigenvalue weighted by molar-refractivity contribution is 6.30. The summed E-state index contributed by atoms with van der Waals surface area (Å²) in [5.41, 5.74) is 2.42. The van der Waals surface area contributed by atoms with E-state index in [2.05, 4.69) is 12.1 Å². The molecule has 0 radical (unpaired) electrons. The van der Waals surface area contributed by atoms with Crippen LogP contribution in [0.15, 0.2) is 48.5 Å². The van der Waals surface area contributed by atoms with Crippen LogP contribution in [-0.4, -0.2) is 12.7 Å². The SMILES string of the molecule is Clc1cccc(COc2ccc(CCC3CCCCO3)cc2)c1. The van der Waals surface area contributed by atoms with Gasteiger partial charge in [-0.05, 0) is 67.5 Å². The topological polar surface area (TPSA) is 18.5 Å². The van der Waals surface area contributed by atoms with Gasteiger partial charge in [-0.15, -0.1) is 0 Å². The third-order valence-electron chi connectivity index (χ3n) is 4.25. The Kier molecular flexibility index (Phi) is 5.95. The molecule has 1 aliphatic rings. The first kappa shape index (κ1) is 16.4. The molecule has 3 heteroatoms. The fourth-order valence-corrected chi connectivity index (χ4v) is 3.12. The number of ether oxygens (including phenoxy) is 2. The van der Waals surface area contributed by atoms with E-state index < -0.39 is 0 Å². The van der Waals surface area contributed by atoms with E-state index in [1.165, 1.54) is 24.8 Å². The second-order valence-corrected chi connectivity index (χ2v) is 6.53. The Morgan fingerprint density at radius 1 is 1.04 bits per heavy atom. The molecular weight excluding hydrogens is 308 g/mol. The molecule has 0 aromatic heterocycles. The zero-order chi connectivity index (χ0) is 15.9. The predicted octanol–water partition coefficient (Wildman–Crippen LogP) is 5.42. The Balaban J connectivity index is 1.46. The summed E-state index contributed by atoms with van der Waals surface area (Å²) in [5.74, 6) is 0.891. The lowest BCUT2D eigenvalue weighted by molar-refractivity contribution is 0.0115. The van der Waals surface area contributed by atoms with E-state index >= 15 is 0 Å². The summed E-state index contributed by atoms with van der Waals surface area (Å²) >= 11 is 5.98. The van der Waals surface area contributed by atoms with Crippen LogP contribution in [0.5, 0.6) is 5.75 Å². The Hall–Kier alpha value is -1.51. The zero-order valence-electron chi connectivity index (χ0n) is 13.3. The lowest BCUT2D eigenvalue weighted by Gasteiger charge is -2.22. The van der Waals surface area contributed by atoms with Crippen molar-refractivity contribution in [1.29, 1.82) is 0 Å². The van der Waals surface area contributed by atoms with Crippen molar-refractivity contribution in [3.63, 3.8) is 0 Å². The minimum absolute atomic E-state index is 0.447. The van der Waals surface area contributed by atoms with Crippen molar-refractivity contribution in [3.05, 3.63) is 64.7 Å². The van der Waals surface area contributed by atoms with Gasteiger partial charge in [-0.3, -0.25) is 0 Å². The molecule has 0 aliphatic carbocycles. The van der Waals surface area contributed by atoms with Crippen LogP contribution in [0.3, 0.4) is 0 Å². The predicted molar refractivity (Wildman–Crippen MR) is 94.1 cm³/mol. The number of halogens is 1. The summed E-state index contributed by atoms with van der Waals surface area (Å²) < 4.78 is 11.6. The Labute approximate surface area is 143 Å². The molecule has 0 saturated carbocycles. The number of hydrogen-bond acceptors (Lipinski definition) is 2. The number of benzene rings is 2. The zero-order valence-corrected chi connectivity index (χ0v) is 14.1. The van der Waals surface area contributed by atoms with Gasteiger partial charge < -0.3 is 9.47 Å².